The normalized spacial score (nSPS) is 10.4. The summed E-state index contributed by atoms with van der Waals surface area (Å²) in [5, 5.41) is 3.35. The van der Waals surface area contributed by atoms with Gasteiger partial charge in [-0.25, -0.2) is 9.97 Å². The van der Waals surface area contributed by atoms with Crippen LogP contribution in [-0.4, -0.2) is 17.0 Å². The van der Waals surface area contributed by atoms with E-state index in [0.29, 0.717) is 0 Å². The van der Waals surface area contributed by atoms with Crippen LogP contribution in [0.3, 0.4) is 0 Å². The van der Waals surface area contributed by atoms with Gasteiger partial charge in [-0.1, -0.05) is 24.3 Å². The summed E-state index contributed by atoms with van der Waals surface area (Å²) >= 11 is 0. The maximum Gasteiger partial charge on any atom is 0.138 e. The fraction of sp³-hybridized carbons (Fsp3) is 0.158. The third kappa shape index (κ3) is 3.66. The number of aromatic nitrogens is 2. The molecule has 116 valence electrons. The molecule has 3 aromatic rings. The molecule has 0 bridgehead atoms. The molecule has 0 aliphatic heterocycles. The number of anilines is 4. The zero-order valence-electron chi connectivity index (χ0n) is 13.6. The molecule has 0 saturated carbocycles. The van der Waals surface area contributed by atoms with Gasteiger partial charge in [-0.15, -0.1) is 0 Å². The van der Waals surface area contributed by atoms with Gasteiger partial charge in [0.05, 0.1) is 0 Å². The van der Waals surface area contributed by atoms with Crippen LogP contribution < -0.4 is 10.2 Å². The van der Waals surface area contributed by atoms with Crippen LogP contribution in [0.15, 0.2) is 60.9 Å². The Morgan fingerprint density at radius 3 is 2.26 bits per heavy atom. The van der Waals surface area contributed by atoms with Crippen molar-refractivity contribution < 1.29 is 0 Å². The van der Waals surface area contributed by atoms with Crippen LogP contribution in [0.2, 0.25) is 0 Å². The van der Waals surface area contributed by atoms with E-state index in [4.69, 9.17) is 0 Å². The summed E-state index contributed by atoms with van der Waals surface area (Å²) in [6, 6.07) is 18.5. The largest absolute Gasteiger partial charge is 0.340 e. The van der Waals surface area contributed by atoms with Crippen LogP contribution in [0, 0.1) is 13.8 Å². The number of hydrogen-bond donors (Lipinski definition) is 1. The van der Waals surface area contributed by atoms with Gasteiger partial charge in [-0.05, 0) is 49.2 Å². The molecule has 1 aromatic heterocycles. The second kappa shape index (κ2) is 6.48. The molecule has 4 heteroatoms. The lowest BCUT2D eigenvalue weighted by Gasteiger charge is -2.18. The Bertz CT molecular complexity index is 779. The number of benzene rings is 2. The van der Waals surface area contributed by atoms with Crippen molar-refractivity contribution in [2.75, 3.05) is 17.3 Å². The topological polar surface area (TPSA) is 41.0 Å². The molecule has 0 atom stereocenters. The van der Waals surface area contributed by atoms with Crippen LogP contribution in [0.5, 0.6) is 0 Å². The summed E-state index contributed by atoms with van der Waals surface area (Å²) < 4.78 is 0. The molecule has 0 fully saturated rings. The second-order valence-electron chi connectivity index (χ2n) is 5.66. The van der Waals surface area contributed by atoms with Crippen molar-refractivity contribution in [1.29, 1.82) is 0 Å². The highest BCUT2D eigenvalue weighted by Crippen LogP contribution is 2.24. The zero-order valence-corrected chi connectivity index (χ0v) is 13.6. The Morgan fingerprint density at radius 1 is 0.870 bits per heavy atom. The summed E-state index contributed by atoms with van der Waals surface area (Å²) in [5.41, 5.74) is 4.57. The molecule has 23 heavy (non-hydrogen) atoms. The van der Waals surface area contributed by atoms with Gasteiger partial charge < -0.3 is 10.2 Å². The van der Waals surface area contributed by atoms with Gasteiger partial charge in [0.1, 0.15) is 18.0 Å². The van der Waals surface area contributed by atoms with Crippen LogP contribution in [-0.2, 0) is 0 Å². The zero-order chi connectivity index (χ0) is 16.2. The lowest BCUT2D eigenvalue weighted by Crippen LogP contribution is -2.11. The molecular formula is C19H20N4. The molecule has 4 nitrogen and oxygen atoms in total. The molecule has 0 aliphatic rings. The van der Waals surface area contributed by atoms with Gasteiger partial charge in [0, 0.05) is 24.5 Å². The minimum Gasteiger partial charge on any atom is -0.340 e. The van der Waals surface area contributed by atoms with Gasteiger partial charge in [-0.2, -0.15) is 0 Å². The van der Waals surface area contributed by atoms with Crippen LogP contribution in [0.4, 0.5) is 23.0 Å². The molecule has 0 spiro atoms. The third-order valence-corrected chi connectivity index (χ3v) is 3.63. The molecule has 0 amide bonds. The average Bonchev–Trinajstić information content (AvgIpc) is 2.54. The highest BCUT2D eigenvalue weighted by molar-refractivity contribution is 5.65. The third-order valence-electron chi connectivity index (χ3n) is 3.63. The number of hydrogen-bond acceptors (Lipinski definition) is 4. The van der Waals surface area contributed by atoms with Crippen molar-refractivity contribution in [3.8, 4) is 0 Å². The number of aryl methyl sites for hydroxylation is 2. The van der Waals surface area contributed by atoms with Crippen molar-refractivity contribution in [2.24, 2.45) is 0 Å². The second-order valence-corrected chi connectivity index (χ2v) is 5.66. The summed E-state index contributed by atoms with van der Waals surface area (Å²) in [5.74, 6) is 1.63. The predicted octanol–water partition coefficient (Wildman–Crippen LogP) is 4.60. The summed E-state index contributed by atoms with van der Waals surface area (Å²) in [6.45, 7) is 4.18. The van der Waals surface area contributed by atoms with Crippen LogP contribution in [0.1, 0.15) is 11.1 Å². The lowest BCUT2D eigenvalue weighted by molar-refractivity contribution is 1.08. The smallest absolute Gasteiger partial charge is 0.138 e. The number of nitrogens with one attached hydrogen (secondary N) is 1. The average molecular weight is 304 g/mol. The van der Waals surface area contributed by atoms with E-state index < -0.39 is 0 Å². The molecule has 1 heterocycles. The standard InChI is InChI=1S/C19H20N4/c1-14-9-15(2)11-16(10-14)22-18-12-19(21-13-20-18)23(3)17-7-5-4-6-8-17/h4-13H,1-3H3,(H,20,21,22). The van der Waals surface area contributed by atoms with E-state index in [9.17, 15) is 0 Å². The Labute approximate surface area is 136 Å². The maximum absolute atomic E-state index is 4.37. The van der Waals surface area contributed by atoms with Crippen molar-refractivity contribution in [2.45, 2.75) is 13.8 Å². The maximum atomic E-state index is 4.37. The molecule has 0 saturated heterocycles. The van der Waals surface area contributed by atoms with Crippen molar-refractivity contribution in [3.63, 3.8) is 0 Å². The van der Waals surface area contributed by atoms with Crippen molar-refractivity contribution >= 4 is 23.0 Å². The molecule has 0 aliphatic carbocycles. The van der Waals surface area contributed by atoms with E-state index in [1.54, 1.807) is 6.33 Å². The fourth-order valence-corrected chi connectivity index (χ4v) is 2.58. The first kappa shape index (κ1) is 15.0. The van der Waals surface area contributed by atoms with Gasteiger partial charge in [0.15, 0.2) is 0 Å². The van der Waals surface area contributed by atoms with E-state index >= 15 is 0 Å². The monoisotopic (exact) mass is 304 g/mol. The molecule has 0 radical (unpaired) electrons. The van der Waals surface area contributed by atoms with Gasteiger partial charge in [0.25, 0.3) is 0 Å². The Morgan fingerprint density at radius 2 is 1.57 bits per heavy atom. The van der Waals surface area contributed by atoms with Gasteiger partial charge in [0.2, 0.25) is 0 Å². The molecule has 0 unspecified atom stereocenters. The number of rotatable bonds is 4. The summed E-state index contributed by atoms with van der Waals surface area (Å²) in [6.07, 6.45) is 1.58. The van der Waals surface area contributed by atoms with Crippen LogP contribution in [0.25, 0.3) is 0 Å². The summed E-state index contributed by atoms with van der Waals surface area (Å²) in [4.78, 5) is 10.7. The predicted molar refractivity (Wildman–Crippen MR) is 95.7 cm³/mol. The molecule has 3 rings (SSSR count). The number of nitrogens with zero attached hydrogens (tertiary/aromatic N) is 3. The first-order chi connectivity index (χ1) is 11.1. The van der Waals surface area contributed by atoms with Crippen LogP contribution >= 0.6 is 0 Å². The Kier molecular flexibility index (Phi) is 4.24. The van der Waals surface area contributed by atoms with E-state index in [-0.39, 0.29) is 0 Å². The number of para-hydroxylation sites is 1. The van der Waals surface area contributed by atoms with Gasteiger partial charge >= 0.3 is 0 Å². The highest BCUT2D eigenvalue weighted by Gasteiger charge is 2.07. The van der Waals surface area contributed by atoms with Gasteiger partial charge in [-0.3, -0.25) is 0 Å². The van der Waals surface area contributed by atoms with Crippen molar-refractivity contribution in [3.05, 3.63) is 72.1 Å². The minimum atomic E-state index is 0.780. The highest BCUT2D eigenvalue weighted by atomic mass is 15.2. The molecular weight excluding hydrogens is 284 g/mol. The lowest BCUT2D eigenvalue weighted by atomic mass is 10.1. The fourth-order valence-electron chi connectivity index (χ4n) is 2.58. The summed E-state index contributed by atoms with van der Waals surface area (Å²) in [7, 11) is 2.00. The Hall–Kier alpha value is -2.88. The Balaban J connectivity index is 1.85. The van der Waals surface area contributed by atoms with Crippen molar-refractivity contribution in [1.82, 2.24) is 9.97 Å². The van der Waals surface area contributed by atoms with E-state index in [1.807, 2.05) is 36.2 Å². The van der Waals surface area contributed by atoms with E-state index in [2.05, 4.69) is 59.5 Å². The first-order valence-corrected chi connectivity index (χ1v) is 7.58. The molecule has 1 N–H and O–H groups in total. The van der Waals surface area contributed by atoms with E-state index in [1.165, 1.54) is 11.1 Å². The first-order valence-electron chi connectivity index (χ1n) is 7.58. The van der Waals surface area contributed by atoms with E-state index in [0.717, 1.165) is 23.0 Å². The SMILES string of the molecule is Cc1cc(C)cc(Nc2cc(N(C)c3ccccc3)ncn2)c1. The molecule has 2 aromatic carbocycles. The quantitative estimate of drug-likeness (QED) is 0.764. The minimum absolute atomic E-state index is 0.780.